The van der Waals surface area contributed by atoms with Crippen LogP contribution < -0.4 is 0 Å². The van der Waals surface area contributed by atoms with E-state index in [2.05, 4.69) is 72.8 Å². The van der Waals surface area contributed by atoms with Crippen LogP contribution in [0.3, 0.4) is 0 Å². The summed E-state index contributed by atoms with van der Waals surface area (Å²) in [7, 11) is 0. The van der Waals surface area contributed by atoms with Crippen molar-refractivity contribution in [1.29, 1.82) is 0 Å². The molecule has 4 aliphatic rings. The lowest BCUT2D eigenvalue weighted by Gasteiger charge is -2.43. The molecule has 0 atom stereocenters. The van der Waals surface area contributed by atoms with E-state index in [1.54, 1.807) is 6.92 Å². The van der Waals surface area contributed by atoms with Crippen molar-refractivity contribution in [2.45, 2.75) is 49.6 Å². The topological polar surface area (TPSA) is 101 Å². The average molecular weight is 635 g/mol. The molecule has 2 aliphatic heterocycles. The van der Waals surface area contributed by atoms with E-state index < -0.39 is 23.0 Å². The number of esters is 1. The van der Waals surface area contributed by atoms with Gasteiger partial charge in [-0.15, -0.1) is 0 Å². The molecule has 8 rings (SSSR count). The smallest absolute Gasteiger partial charge is 0.364 e. The van der Waals surface area contributed by atoms with Gasteiger partial charge in [0.1, 0.15) is 0 Å². The summed E-state index contributed by atoms with van der Waals surface area (Å²) < 4.78 is 28.6. The van der Waals surface area contributed by atoms with Gasteiger partial charge in [-0.25, -0.2) is 4.79 Å². The maximum absolute atomic E-state index is 11.8. The fourth-order valence-electron chi connectivity index (χ4n) is 7.39. The van der Waals surface area contributed by atoms with Gasteiger partial charge in [0.25, 0.3) is 5.79 Å². The van der Waals surface area contributed by atoms with Crippen LogP contribution in [0.2, 0.25) is 0 Å². The number of carboxylic acid groups (broad SMARTS) is 1. The molecular weight excluding hydrogens is 596 g/mol. The minimum Gasteiger partial charge on any atom is -0.477 e. The number of carboxylic acids is 1. The zero-order chi connectivity index (χ0) is 32.9. The first-order valence-corrected chi connectivity index (χ1v) is 16.0. The number of carbonyl (C=O) groups is 2. The van der Waals surface area contributed by atoms with E-state index in [1.165, 1.54) is 40.3 Å². The van der Waals surface area contributed by atoms with Crippen molar-refractivity contribution in [1.82, 2.24) is 0 Å². The second-order valence-electron chi connectivity index (χ2n) is 12.9. The lowest BCUT2D eigenvalue weighted by Crippen LogP contribution is -2.54. The SMILES string of the molecule is CC1(C(=O)O)OCC2(CO1)c1ccccc1-c1ccccc12.CCOC(=O)CC1(C)OCC2(CO1)c1ccccc1-c1ccccc12. The van der Waals surface area contributed by atoms with Gasteiger partial charge < -0.3 is 28.8 Å². The van der Waals surface area contributed by atoms with Crippen molar-refractivity contribution in [3.05, 3.63) is 119 Å². The first-order valence-electron chi connectivity index (χ1n) is 16.0. The third-order valence-electron chi connectivity index (χ3n) is 9.95. The van der Waals surface area contributed by atoms with Gasteiger partial charge in [-0.3, -0.25) is 4.79 Å². The maximum Gasteiger partial charge on any atom is 0.364 e. The van der Waals surface area contributed by atoms with E-state index >= 15 is 0 Å². The highest BCUT2D eigenvalue weighted by atomic mass is 16.7. The summed E-state index contributed by atoms with van der Waals surface area (Å²) in [4.78, 5) is 23.2. The van der Waals surface area contributed by atoms with Crippen LogP contribution in [0.1, 0.15) is 49.4 Å². The summed E-state index contributed by atoms with van der Waals surface area (Å²) in [5.74, 6) is -3.91. The lowest BCUT2D eigenvalue weighted by atomic mass is 9.79. The minimum absolute atomic E-state index is 0.0974. The summed E-state index contributed by atoms with van der Waals surface area (Å²) >= 11 is 0. The molecule has 0 amide bonds. The number of fused-ring (bicyclic) bond motifs is 10. The van der Waals surface area contributed by atoms with Gasteiger partial charge in [-0.05, 0) is 58.4 Å². The van der Waals surface area contributed by atoms with E-state index in [0.717, 1.165) is 11.1 Å². The lowest BCUT2D eigenvalue weighted by molar-refractivity contribution is -0.276. The zero-order valence-corrected chi connectivity index (χ0v) is 26.8. The van der Waals surface area contributed by atoms with Gasteiger partial charge in [0, 0.05) is 6.92 Å². The number of carbonyl (C=O) groups excluding carboxylic acids is 1. The molecule has 8 heteroatoms. The molecule has 4 aromatic carbocycles. The van der Waals surface area contributed by atoms with E-state index in [9.17, 15) is 14.7 Å². The molecule has 0 bridgehead atoms. The Labute approximate surface area is 274 Å². The van der Waals surface area contributed by atoms with Crippen LogP contribution >= 0.6 is 0 Å². The standard InChI is InChI=1S/C21H22O4.C18H16O4/c1-3-23-19(22)12-20(2)24-13-21(14-25-20)17-10-6-4-8-15(17)16-9-5-7-11-18(16)21;1-17(16(19)20)21-10-18(11-22-17)14-8-4-2-6-12(14)13-7-3-5-9-15(13)18/h4-11H,3,12-14H2,1-2H3;2-9H,10-11H2,1H3,(H,19,20). The van der Waals surface area contributed by atoms with Crippen molar-refractivity contribution in [2.24, 2.45) is 0 Å². The summed E-state index contributed by atoms with van der Waals surface area (Å²) in [5, 5.41) is 9.27. The molecular formula is C39H38O8. The quantitative estimate of drug-likeness (QED) is 0.255. The molecule has 8 nitrogen and oxygen atoms in total. The molecule has 1 N–H and O–H groups in total. The molecule has 2 fully saturated rings. The number of rotatable bonds is 4. The van der Waals surface area contributed by atoms with Gasteiger partial charge in [-0.1, -0.05) is 97.1 Å². The van der Waals surface area contributed by atoms with Gasteiger partial charge in [-0.2, -0.15) is 0 Å². The van der Waals surface area contributed by atoms with Crippen LogP contribution in [0.5, 0.6) is 0 Å². The average Bonchev–Trinajstić information content (AvgIpc) is 3.52. The van der Waals surface area contributed by atoms with Crippen LogP contribution in [0.15, 0.2) is 97.1 Å². The summed E-state index contributed by atoms with van der Waals surface area (Å²) in [6.45, 7) is 6.98. The first-order chi connectivity index (χ1) is 22.6. The highest BCUT2D eigenvalue weighted by molar-refractivity contribution is 5.83. The normalized spacial score (nSPS) is 21.9. The summed E-state index contributed by atoms with van der Waals surface area (Å²) in [5.41, 5.74) is 8.81. The fraction of sp³-hybridized carbons (Fsp3) is 0.333. The Bertz CT molecular complexity index is 1730. The summed E-state index contributed by atoms with van der Waals surface area (Å²) in [6.07, 6.45) is 0.0974. The van der Waals surface area contributed by atoms with Crippen molar-refractivity contribution >= 4 is 11.9 Å². The first kappa shape index (κ1) is 31.3. The van der Waals surface area contributed by atoms with Crippen LogP contribution in [0.4, 0.5) is 0 Å². The third-order valence-corrected chi connectivity index (χ3v) is 9.95. The van der Waals surface area contributed by atoms with Gasteiger partial charge >= 0.3 is 11.9 Å². The molecule has 0 radical (unpaired) electrons. The molecule has 2 aliphatic carbocycles. The van der Waals surface area contributed by atoms with Crippen LogP contribution in [0, 0.1) is 0 Å². The highest BCUT2D eigenvalue weighted by Gasteiger charge is 2.52. The number of benzene rings is 4. The van der Waals surface area contributed by atoms with Gasteiger partial charge in [0.2, 0.25) is 0 Å². The van der Waals surface area contributed by atoms with E-state index in [0.29, 0.717) is 33.0 Å². The van der Waals surface area contributed by atoms with Gasteiger partial charge in [0.15, 0.2) is 5.79 Å². The molecule has 0 saturated carbocycles. The van der Waals surface area contributed by atoms with Crippen LogP contribution in [0.25, 0.3) is 22.3 Å². The Hall–Kier alpha value is -4.34. The Morgan fingerprint density at radius 1 is 0.617 bits per heavy atom. The number of aliphatic carboxylic acids is 1. The van der Waals surface area contributed by atoms with Crippen molar-refractivity contribution in [3.8, 4) is 22.3 Å². The van der Waals surface area contributed by atoms with E-state index in [4.69, 9.17) is 23.7 Å². The van der Waals surface area contributed by atoms with Crippen LogP contribution in [-0.2, 0) is 44.1 Å². The summed E-state index contributed by atoms with van der Waals surface area (Å²) in [6, 6.07) is 33.2. The van der Waals surface area contributed by atoms with E-state index in [-0.39, 0.29) is 17.8 Å². The molecule has 2 spiro atoms. The highest BCUT2D eigenvalue weighted by Crippen LogP contribution is 2.53. The number of hydrogen-bond acceptors (Lipinski definition) is 7. The van der Waals surface area contributed by atoms with Crippen LogP contribution in [-0.4, -0.2) is 61.7 Å². The van der Waals surface area contributed by atoms with Crippen molar-refractivity contribution in [2.75, 3.05) is 33.0 Å². The fourth-order valence-corrected chi connectivity index (χ4v) is 7.39. The van der Waals surface area contributed by atoms with Crippen molar-refractivity contribution in [3.63, 3.8) is 0 Å². The zero-order valence-electron chi connectivity index (χ0n) is 26.8. The largest absolute Gasteiger partial charge is 0.477 e. The molecule has 4 aromatic rings. The predicted molar refractivity (Wildman–Crippen MR) is 175 cm³/mol. The molecule has 2 saturated heterocycles. The molecule has 0 unspecified atom stereocenters. The monoisotopic (exact) mass is 634 g/mol. The van der Waals surface area contributed by atoms with E-state index in [1.807, 2.05) is 31.2 Å². The number of hydrogen-bond donors (Lipinski definition) is 1. The Kier molecular flexibility index (Phi) is 7.80. The maximum atomic E-state index is 11.8. The second-order valence-corrected chi connectivity index (χ2v) is 12.9. The Balaban J connectivity index is 0.000000151. The Morgan fingerprint density at radius 2 is 0.957 bits per heavy atom. The third kappa shape index (κ3) is 5.07. The minimum atomic E-state index is -1.57. The molecule has 0 aromatic heterocycles. The van der Waals surface area contributed by atoms with Gasteiger partial charge in [0.05, 0.1) is 50.3 Å². The second kappa shape index (κ2) is 11.7. The number of ether oxygens (including phenoxy) is 5. The molecule has 2 heterocycles. The Morgan fingerprint density at radius 3 is 1.30 bits per heavy atom. The predicted octanol–water partition coefficient (Wildman–Crippen LogP) is 6.47. The van der Waals surface area contributed by atoms with Crippen molar-refractivity contribution < 1.29 is 38.4 Å². The molecule has 47 heavy (non-hydrogen) atoms. The molecule has 242 valence electrons.